The van der Waals surface area contributed by atoms with E-state index in [9.17, 15) is 4.79 Å². The molecule has 0 unspecified atom stereocenters. The van der Waals surface area contributed by atoms with E-state index < -0.39 is 0 Å². The summed E-state index contributed by atoms with van der Waals surface area (Å²) in [5.74, 6) is 0.464. The van der Waals surface area contributed by atoms with E-state index in [4.69, 9.17) is 4.99 Å². The summed E-state index contributed by atoms with van der Waals surface area (Å²) in [6.45, 7) is 0. The summed E-state index contributed by atoms with van der Waals surface area (Å²) in [5, 5.41) is 2.22. The van der Waals surface area contributed by atoms with Gasteiger partial charge in [0.05, 0.1) is 5.69 Å². The van der Waals surface area contributed by atoms with Crippen molar-refractivity contribution in [3.63, 3.8) is 0 Å². The zero-order valence-corrected chi connectivity index (χ0v) is 19.5. The van der Waals surface area contributed by atoms with Gasteiger partial charge >= 0.3 is 0 Å². The van der Waals surface area contributed by atoms with Gasteiger partial charge in [0.1, 0.15) is 11.5 Å². The Labute approximate surface area is 197 Å². The van der Waals surface area contributed by atoms with Crippen molar-refractivity contribution >= 4 is 66.1 Å². The third-order valence-corrected chi connectivity index (χ3v) is 6.17. The number of rotatable bonds is 3. The van der Waals surface area contributed by atoms with Crippen molar-refractivity contribution in [1.82, 2.24) is 0 Å². The monoisotopic (exact) mass is 530 g/mol. The van der Waals surface area contributed by atoms with Crippen LogP contribution in [0.15, 0.2) is 111 Å². The Morgan fingerprint density at radius 2 is 1.52 bits per heavy atom. The summed E-state index contributed by atoms with van der Waals surface area (Å²) in [6.07, 6.45) is 1.88. The fraction of sp³-hybridized carbons (Fsp3) is 0. The van der Waals surface area contributed by atoms with E-state index in [1.165, 1.54) is 0 Å². The van der Waals surface area contributed by atoms with Gasteiger partial charge in [0.15, 0.2) is 0 Å². The SMILES string of the molecule is O=C1/C(=C\c2cccc3ccccc23)N=C(c2ccc(Br)cc2)N1c1cccc(Br)c1. The van der Waals surface area contributed by atoms with Crippen LogP contribution in [0.4, 0.5) is 5.69 Å². The summed E-state index contributed by atoms with van der Waals surface area (Å²) in [6, 6.07) is 29.7. The van der Waals surface area contributed by atoms with Gasteiger partial charge in [-0.2, -0.15) is 0 Å². The predicted octanol–water partition coefficient (Wildman–Crippen LogP) is 7.20. The van der Waals surface area contributed by atoms with Crippen molar-refractivity contribution in [2.24, 2.45) is 4.99 Å². The van der Waals surface area contributed by atoms with Crippen LogP contribution in [-0.2, 0) is 4.79 Å². The molecule has 0 saturated heterocycles. The maximum atomic E-state index is 13.5. The molecule has 0 aromatic heterocycles. The third-order valence-electron chi connectivity index (χ3n) is 5.14. The van der Waals surface area contributed by atoms with Crippen LogP contribution in [0, 0.1) is 0 Å². The Bertz CT molecular complexity index is 1370. The van der Waals surface area contributed by atoms with Crippen LogP contribution >= 0.6 is 31.9 Å². The number of carbonyl (C=O) groups is 1. The van der Waals surface area contributed by atoms with Crippen molar-refractivity contribution in [1.29, 1.82) is 0 Å². The molecule has 0 atom stereocenters. The van der Waals surface area contributed by atoms with E-state index in [0.717, 1.165) is 36.5 Å². The van der Waals surface area contributed by atoms with Gasteiger partial charge < -0.3 is 0 Å². The molecule has 1 aliphatic rings. The molecule has 0 N–H and O–H groups in total. The second-order valence-electron chi connectivity index (χ2n) is 7.16. The van der Waals surface area contributed by atoms with E-state index >= 15 is 0 Å². The normalized spacial score (nSPS) is 15.0. The van der Waals surface area contributed by atoms with Crippen molar-refractivity contribution in [3.05, 3.63) is 117 Å². The molecule has 4 aromatic rings. The highest BCUT2D eigenvalue weighted by atomic mass is 79.9. The third kappa shape index (κ3) is 3.87. The summed E-state index contributed by atoms with van der Waals surface area (Å²) in [7, 11) is 0. The van der Waals surface area contributed by atoms with Crippen LogP contribution in [0.25, 0.3) is 16.8 Å². The molecule has 0 aliphatic carbocycles. The van der Waals surface area contributed by atoms with Crippen LogP contribution in [-0.4, -0.2) is 11.7 Å². The first-order valence-corrected chi connectivity index (χ1v) is 11.3. The van der Waals surface area contributed by atoms with Crippen molar-refractivity contribution in [3.8, 4) is 0 Å². The Kier molecular flexibility index (Phi) is 5.30. The minimum absolute atomic E-state index is 0.149. The first kappa shape index (κ1) is 19.9. The lowest BCUT2D eigenvalue weighted by molar-refractivity contribution is -0.113. The predicted molar refractivity (Wildman–Crippen MR) is 134 cm³/mol. The van der Waals surface area contributed by atoms with Gasteiger partial charge in [-0.05, 0) is 52.7 Å². The number of halogens is 2. The second kappa shape index (κ2) is 8.25. The Hall–Kier alpha value is -3.02. The average Bonchev–Trinajstić information content (AvgIpc) is 3.10. The minimum Gasteiger partial charge on any atom is -0.266 e. The molecule has 5 heteroatoms. The minimum atomic E-state index is -0.149. The maximum Gasteiger partial charge on any atom is 0.282 e. The van der Waals surface area contributed by atoms with E-state index in [1.807, 2.05) is 78.9 Å². The number of amidine groups is 1. The van der Waals surface area contributed by atoms with E-state index in [1.54, 1.807) is 4.90 Å². The molecule has 4 aromatic carbocycles. The molecule has 0 saturated carbocycles. The molecule has 0 bridgehead atoms. The van der Waals surface area contributed by atoms with Gasteiger partial charge in [-0.25, -0.2) is 4.99 Å². The fourth-order valence-electron chi connectivity index (χ4n) is 3.69. The maximum absolute atomic E-state index is 13.5. The van der Waals surface area contributed by atoms with Crippen molar-refractivity contribution in [2.45, 2.75) is 0 Å². The summed E-state index contributed by atoms with van der Waals surface area (Å²) in [5.41, 5.74) is 3.02. The molecule has 3 nitrogen and oxygen atoms in total. The highest BCUT2D eigenvalue weighted by Crippen LogP contribution is 2.31. The molecular weight excluding hydrogens is 516 g/mol. The molecule has 5 rings (SSSR count). The zero-order chi connectivity index (χ0) is 21.4. The molecule has 150 valence electrons. The molecular formula is C26H16Br2N2O. The lowest BCUT2D eigenvalue weighted by Gasteiger charge is -2.19. The number of benzene rings is 4. The summed E-state index contributed by atoms with van der Waals surface area (Å²) in [4.78, 5) is 20.0. The average molecular weight is 532 g/mol. The number of amides is 1. The van der Waals surface area contributed by atoms with Crippen molar-refractivity contribution in [2.75, 3.05) is 4.90 Å². The van der Waals surface area contributed by atoms with Crippen molar-refractivity contribution < 1.29 is 4.79 Å². The topological polar surface area (TPSA) is 32.7 Å². The molecule has 1 heterocycles. The Morgan fingerprint density at radius 1 is 0.774 bits per heavy atom. The van der Waals surface area contributed by atoms with Gasteiger partial charge in [-0.15, -0.1) is 0 Å². The molecule has 1 aliphatic heterocycles. The number of fused-ring (bicyclic) bond motifs is 1. The number of anilines is 1. The van der Waals surface area contributed by atoms with Gasteiger partial charge in [0.25, 0.3) is 5.91 Å². The largest absolute Gasteiger partial charge is 0.282 e. The van der Waals surface area contributed by atoms with E-state index in [0.29, 0.717) is 11.5 Å². The smallest absolute Gasteiger partial charge is 0.266 e. The molecule has 31 heavy (non-hydrogen) atoms. The number of nitrogens with zero attached hydrogens (tertiary/aromatic N) is 2. The quantitative estimate of drug-likeness (QED) is 0.257. The van der Waals surface area contributed by atoms with Crippen LogP contribution in [0.3, 0.4) is 0 Å². The molecule has 1 amide bonds. The van der Waals surface area contributed by atoms with Crippen LogP contribution in [0.1, 0.15) is 11.1 Å². The zero-order valence-electron chi connectivity index (χ0n) is 16.3. The van der Waals surface area contributed by atoms with E-state index in [2.05, 4.69) is 50.1 Å². The van der Waals surface area contributed by atoms with E-state index in [-0.39, 0.29) is 5.91 Å². The van der Waals surface area contributed by atoms with Gasteiger partial charge in [0.2, 0.25) is 0 Å². The lowest BCUT2D eigenvalue weighted by Crippen LogP contribution is -2.32. The number of hydrogen-bond acceptors (Lipinski definition) is 2. The first-order chi connectivity index (χ1) is 15.1. The van der Waals surface area contributed by atoms with Crippen LogP contribution < -0.4 is 4.90 Å². The molecule has 0 radical (unpaired) electrons. The highest BCUT2D eigenvalue weighted by Gasteiger charge is 2.32. The summed E-state index contributed by atoms with van der Waals surface area (Å²) >= 11 is 6.99. The summed E-state index contributed by atoms with van der Waals surface area (Å²) < 4.78 is 1.88. The van der Waals surface area contributed by atoms with Crippen LogP contribution in [0.5, 0.6) is 0 Å². The number of carbonyl (C=O) groups excluding carboxylic acids is 1. The van der Waals surface area contributed by atoms with Gasteiger partial charge in [-0.1, -0.05) is 92.5 Å². The Balaban J connectivity index is 1.67. The highest BCUT2D eigenvalue weighted by molar-refractivity contribution is 9.10. The Morgan fingerprint density at radius 3 is 2.32 bits per heavy atom. The molecule has 0 fully saturated rings. The van der Waals surface area contributed by atoms with Crippen LogP contribution in [0.2, 0.25) is 0 Å². The van der Waals surface area contributed by atoms with Gasteiger partial charge in [0, 0.05) is 14.5 Å². The number of hydrogen-bond donors (Lipinski definition) is 0. The standard InChI is InChI=1S/C26H16Br2N2O/c27-20-13-11-18(12-14-20)25-29-24(26(31)30(25)22-9-4-8-21(28)16-22)15-19-7-3-6-17-5-1-2-10-23(17)19/h1-16H/b24-15+. The first-order valence-electron chi connectivity index (χ1n) is 9.74. The second-order valence-corrected chi connectivity index (χ2v) is 8.99. The molecule has 0 spiro atoms. The lowest BCUT2D eigenvalue weighted by atomic mass is 10.0. The van der Waals surface area contributed by atoms with Gasteiger partial charge in [-0.3, -0.25) is 9.69 Å². The fourth-order valence-corrected chi connectivity index (χ4v) is 4.34. The number of aliphatic imine (C=N–C) groups is 1.